The van der Waals surface area contributed by atoms with Crippen molar-refractivity contribution in [3.05, 3.63) is 42.0 Å². The van der Waals surface area contributed by atoms with Crippen molar-refractivity contribution in [2.75, 3.05) is 13.2 Å². The van der Waals surface area contributed by atoms with Gasteiger partial charge in [-0.05, 0) is 24.1 Å². The Morgan fingerprint density at radius 3 is 2.56 bits per heavy atom. The van der Waals surface area contributed by atoms with E-state index in [1.165, 1.54) is 0 Å². The van der Waals surface area contributed by atoms with Crippen molar-refractivity contribution in [3.63, 3.8) is 0 Å². The molecule has 0 aliphatic carbocycles. The van der Waals surface area contributed by atoms with E-state index in [-0.39, 0.29) is 12.7 Å². The van der Waals surface area contributed by atoms with Gasteiger partial charge in [0.1, 0.15) is 0 Å². The van der Waals surface area contributed by atoms with Gasteiger partial charge in [0.2, 0.25) is 0 Å². The third-order valence-electron chi connectivity index (χ3n) is 2.39. The van der Waals surface area contributed by atoms with Crippen LogP contribution in [0.1, 0.15) is 17.5 Å². The molecule has 3 N–H and O–H groups in total. The maximum Gasteiger partial charge on any atom is 0.0822 e. The minimum atomic E-state index is -0.163. The van der Waals surface area contributed by atoms with Crippen molar-refractivity contribution in [1.29, 1.82) is 0 Å². The van der Waals surface area contributed by atoms with Crippen LogP contribution in [-0.2, 0) is 11.3 Å². The number of aliphatic hydroxyl groups is 1. The Bertz CT molecular complexity index is 308. The highest BCUT2D eigenvalue weighted by Crippen LogP contribution is 2.08. The van der Waals surface area contributed by atoms with Crippen LogP contribution in [0.3, 0.4) is 0 Å². The van der Waals surface area contributed by atoms with E-state index < -0.39 is 0 Å². The molecule has 1 unspecified atom stereocenters. The zero-order valence-electron chi connectivity index (χ0n) is 9.43. The summed E-state index contributed by atoms with van der Waals surface area (Å²) in [5, 5.41) is 9.02. The normalized spacial score (nSPS) is 12.4. The topological polar surface area (TPSA) is 55.5 Å². The smallest absolute Gasteiger partial charge is 0.0822 e. The Morgan fingerprint density at radius 1 is 1.38 bits per heavy atom. The van der Waals surface area contributed by atoms with Crippen molar-refractivity contribution in [2.24, 2.45) is 5.73 Å². The summed E-state index contributed by atoms with van der Waals surface area (Å²) in [6.45, 7) is 4.74. The predicted molar refractivity (Wildman–Crippen MR) is 65.9 cm³/mol. The maximum atomic E-state index is 9.02. The molecule has 1 aromatic carbocycles. The Balaban J connectivity index is 2.43. The molecule has 0 aliphatic rings. The van der Waals surface area contributed by atoms with E-state index in [1.807, 2.05) is 24.3 Å². The molecule has 3 heteroatoms. The highest BCUT2D eigenvalue weighted by molar-refractivity contribution is 5.47. The lowest BCUT2D eigenvalue weighted by Crippen LogP contribution is -2.21. The van der Waals surface area contributed by atoms with Gasteiger partial charge in [0.25, 0.3) is 0 Å². The lowest BCUT2D eigenvalue weighted by Gasteiger charge is -2.14. The van der Waals surface area contributed by atoms with Crippen molar-refractivity contribution in [3.8, 4) is 0 Å². The number of ether oxygens (including phenoxy) is 1. The highest BCUT2D eigenvalue weighted by atomic mass is 16.5. The van der Waals surface area contributed by atoms with E-state index in [0.29, 0.717) is 19.6 Å². The number of aliphatic hydroxyl groups excluding tert-OH is 1. The van der Waals surface area contributed by atoms with Crippen LogP contribution in [0.15, 0.2) is 30.8 Å². The monoisotopic (exact) mass is 221 g/mol. The summed E-state index contributed by atoms with van der Waals surface area (Å²) < 4.78 is 5.54. The summed E-state index contributed by atoms with van der Waals surface area (Å²) in [5.74, 6) is 0. The Hall–Kier alpha value is -1.16. The van der Waals surface area contributed by atoms with Crippen molar-refractivity contribution < 1.29 is 9.84 Å². The van der Waals surface area contributed by atoms with Gasteiger partial charge in [0.05, 0.1) is 19.3 Å². The first-order valence-electron chi connectivity index (χ1n) is 5.44. The van der Waals surface area contributed by atoms with Gasteiger partial charge in [-0.3, -0.25) is 0 Å². The maximum absolute atomic E-state index is 9.02. The molecule has 0 amide bonds. The zero-order chi connectivity index (χ0) is 11.8. The molecule has 3 nitrogen and oxygen atoms in total. The predicted octanol–water partition coefficient (Wildman–Crippen LogP) is 1.56. The van der Waals surface area contributed by atoms with Gasteiger partial charge < -0.3 is 15.6 Å². The van der Waals surface area contributed by atoms with Crippen molar-refractivity contribution >= 4 is 6.08 Å². The molecule has 0 heterocycles. The lowest BCUT2D eigenvalue weighted by molar-refractivity contribution is -0.000606. The quantitative estimate of drug-likeness (QED) is 0.734. The third kappa shape index (κ3) is 4.14. The number of nitrogens with two attached hydrogens (primary N) is 1. The minimum Gasteiger partial charge on any atom is -0.394 e. The van der Waals surface area contributed by atoms with Crippen LogP contribution >= 0.6 is 0 Å². The molecule has 1 aromatic rings. The number of hydrogen-bond donors (Lipinski definition) is 2. The first-order chi connectivity index (χ1) is 7.80. The van der Waals surface area contributed by atoms with Crippen LogP contribution in [0.2, 0.25) is 0 Å². The first kappa shape index (κ1) is 12.9. The van der Waals surface area contributed by atoms with Crippen LogP contribution in [0.4, 0.5) is 0 Å². The largest absolute Gasteiger partial charge is 0.394 e. The fourth-order valence-electron chi connectivity index (χ4n) is 1.38. The molecule has 0 bridgehead atoms. The summed E-state index contributed by atoms with van der Waals surface area (Å²) in [6.07, 6.45) is 2.32. The summed E-state index contributed by atoms with van der Waals surface area (Å²) in [5.41, 5.74) is 7.58. The third-order valence-corrected chi connectivity index (χ3v) is 2.39. The van der Waals surface area contributed by atoms with Crippen LogP contribution in [0.25, 0.3) is 6.08 Å². The van der Waals surface area contributed by atoms with Gasteiger partial charge in [-0.1, -0.05) is 36.9 Å². The van der Waals surface area contributed by atoms with Gasteiger partial charge in [-0.15, -0.1) is 0 Å². The molecule has 0 saturated heterocycles. The average molecular weight is 221 g/mol. The lowest BCUT2D eigenvalue weighted by atomic mass is 10.1. The van der Waals surface area contributed by atoms with Crippen LogP contribution < -0.4 is 5.73 Å². The van der Waals surface area contributed by atoms with Crippen LogP contribution in [0.5, 0.6) is 0 Å². The van der Waals surface area contributed by atoms with E-state index in [9.17, 15) is 0 Å². The Labute approximate surface area is 96.5 Å². The first-order valence-corrected chi connectivity index (χ1v) is 5.44. The number of rotatable bonds is 7. The molecule has 0 saturated carbocycles. The van der Waals surface area contributed by atoms with Crippen molar-refractivity contribution in [1.82, 2.24) is 0 Å². The molecule has 0 radical (unpaired) electrons. The fraction of sp³-hybridized carbons (Fsp3) is 0.385. The van der Waals surface area contributed by atoms with E-state index in [1.54, 1.807) is 6.08 Å². The number of hydrogen-bond acceptors (Lipinski definition) is 3. The fourth-order valence-corrected chi connectivity index (χ4v) is 1.38. The molecule has 0 aliphatic heterocycles. The van der Waals surface area contributed by atoms with Crippen molar-refractivity contribution in [2.45, 2.75) is 19.1 Å². The van der Waals surface area contributed by atoms with Gasteiger partial charge in [-0.25, -0.2) is 0 Å². The molecule has 1 rings (SSSR count). The molecular weight excluding hydrogens is 202 g/mol. The van der Waals surface area contributed by atoms with E-state index in [4.69, 9.17) is 15.6 Å². The summed E-state index contributed by atoms with van der Waals surface area (Å²) >= 11 is 0. The zero-order valence-corrected chi connectivity index (χ0v) is 9.43. The highest BCUT2D eigenvalue weighted by Gasteiger charge is 2.06. The second-order valence-corrected chi connectivity index (χ2v) is 3.64. The van der Waals surface area contributed by atoms with Gasteiger partial charge in [0.15, 0.2) is 0 Å². The molecule has 0 aromatic heterocycles. The summed E-state index contributed by atoms with van der Waals surface area (Å²) in [6, 6.07) is 7.97. The van der Waals surface area contributed by atoms with Gasteiger partial charge in [0, 0.05) is 0 Å². The Kier molecular flexibility index (Phi) is 5.78. The van der Waals surface area contributed by atoms with E-state index in [0.717, 1.165) is 11.1 Å². The van der Waals surface area contributed by atoms with E-state index >= 15 is 0 Å². The molecular formula is C13H19NO2. The minimum absolute atomic E-state index is 0.0158. The van der Waals surface area contributed by atoms with Crippen LogP contribution in [-0.4, -0.2) is 24.4 Å². The Morgan fingerprint density at radius 2 is 2.06 bits per heavy atom. The molecule has 16 heavy (non-hydrogen) atoms. The molecule has 88 valence electrons. The van der Waals surface area contributed by atoms with Gasteiger partial charge in [-0.2, -0.15) is 0 Å². The summed E-state index contributed by atoms with van der Waals surface area (Å²) in [4.78, 5) is 0. The molecule has 1 atom stereocenters. The number of benzene rings is 1. The standard InChI is InChI=1S/C13H19NO2/c1-2-11-3-5-12(6-4-11)10-16-13(9-15)7-8-14/h2-6,13,15H,1,7-10,14H2. The molecule has 0 fully saturated rings. The van der Waals surface area contributed by atoms with Gasteiger partial charge >= 0.3 is 0 Å². The summed E-state index contributed by atoms with van der Waals surface area (Å²) in [7, 11) is 0. The second-order valence-electron chi connectivity index (χ2n) is 3.64. The molecule has 0 spiro atoms. The average Bonchev–Trinajstić information content (AvgIpc) is 2.35. The van der Waals surface area contributed by atoms with Crippen LogP contribution in [0, 0.1) is 0 Å². The second kappa shape index (κ2) is 7.17. The van der Waals surface area contributed by atoms with E-state index in [2.05, 4.69) is 6.58 Å². The SMILES string of the molecule is C=Cc1ccc(COC(CO)CCN)cc1.